The first-order valence-electron chi connectivity index (χ1n) is 8.72. The van der Waals surface area contributed by atoms with Gasteiger partial charge in [-0.25, -0.2) is 0 Å². The summed E-state index contributed by atoms with van der Waals surface area (Å²) in [4.78, 5) is 25.8. The summed E-state index contributed by atoms with van der Waals surface area (Å²) in [5, 5.41) is 3.44. The lowest BCUT2D eigenvalue weighted by atomic mass is 10.2. The topological polar surface area (TPSA) is 67.9 Å². The van der Waals surface area contributed by atoms with Gasteiger partial charge in [-0.2, -0.15) is 0 Å². The van der Waals surface area contributed by atoms with Gasteiger partial charge in [-0.15, -0.1) is 0 Å². The van der Waals surface area contributed by atoms with Crippen molar-refractivity contribution in [2.24, 2.45) is 0 Å². The molecule has 3 rings (SSSR count). The van der Waals surface area contributed by atoms with Gasteiger partial charge in [0.1, 0.15) is 13.2 Å². The molecule has 0 spiro atoms. The van der Waals surface area contributed by atoms with E-state index in [4.69, 9.17) is 21.1 Å². The van der Waals surface area contributed by atoms with Crippen LogP contribution in [0.1, 0.15) is 18.9 Å². The molecule has 0 saturated carbocycles. The quantitative estimate of drug-likeness (QED) is 0.825. The molecule has 0 saturated heterocycles. The average molecular weight is 389 g/mol. The van der Waals surface area contributed by atoms with E-state index in [1.165, 1.54) is 6.92 Å². The van der Waals surface area contributed by atoms with E-state index < -0.39 is 0 Å². The molecule has 0 aromatic heterocycles. The Hall–Kier alpha value is -2.73. The van der Waals surface area contributed by atoms with Crippen molar-refractivity contribution in [3.8, 4) is 11.5 Å². The van der Waals surface area contributed by atoms with Crippen LogP contribution >= 0.6 is 11.6 Å². The van der Waals surface area contributed by atoms with Crippen molar-refractivity contribution in [1.82, 2.24) is 5.32 Å². The minimum absolute atomic E-state index is 0.148. The summed E-state index contributed by atoms with van der Waals surface area (Å²) < 4.78 is 11.1. The molecule has 0 atom stereocenters. The molecule has 2 aromatic carbocycles. The van der Waals surface area contributed by atoms with Crippen molar-refractivity contribution < 1.29 is 19.1 Å². The highest BCUT2D eigenvalue weighted by Crippen LogP contribution is 2.34. The molecule has 0 fully saturated rings. The van der Waals surface area contributed by atoms with E-state index in [0.717, 1.165) is 5.56 Å². The van der Waals surface area contributed by atoms with Crippen LogP contribution in [0.2, 0.25) is 5.02 Å². The number of amides is 2. The Labute approximate surface area is 163 Å². The van der Waals surface area contributed by atoms with Crippen LogP contribution in [0.4, 0.5) is 5.69 Å². The summed E-state index contributed by atoms with van der Waals surface area (Å²) >= 11 is 6.09. The summed E-state index contributed by atoms with van der Waals surface area (Å²) in [5.41, 5.74) is 1.52. The number of hydrogen-bond donors (Lipinski definition) is 1. The number of ether oxygens (including phenoxy) is 2. The number of rotatable bonds is 6. The number of nitrogens with one attached hydrogen (secondary N) is 1. The average Bonchev–Trinajstić information content (AvgIpc) is 2.67. The van der Waals surface area contributed by atoms with E-state index in [-0.39, 0.29) is 24.8 Å². The van der Waals surface area contributed by atoms with Crippen LogP contribution in [0, 0.1) is 0 Å². The first-order chi connectivity index (χ1) is 13.0. The second kappa shape index (κ2) is 8.77. The van der Waals surface area contributed by atoms with Crippen LogP contribution in [0.15, 0.2) is 42.5 Å². The fourth-order valence-corrected chi connectivity index (χ4v) is 3.01. The molecule has 0 bridgehead atoms. The maximum atomic E-state index is 12.2. The Morgan fingerprint density at radius 1 is 1.11 bits per heavy atom. The predicted molar refractivity (Wildman–Crippen MR) is 103 cm³/mol. The van der Waals surface area contributed by atoms with Gasteiger partial charge in [-0.1, -0.05) is 29.8 Å². The Morgan fingerprint density at radius 2 is 1.85 bits per heavy atom. The van der Waals surface area contributed by atoms with Gasteiger partial charge in [0.05, 0.1) is 0 Å². The van der Waals surface area contributed by atoms with Crippen molar-refractivity contribution in [3.63, 3.8) is 0 Å². The van der Waals surface area contributed by atoms with E-state index in [0.29, 0.717) is 42.0 Å². The molecule has 142 valence electrons. The van der Waals surface area contributed by atoms with Gasteiger partial charge in [-0.3, -0.25) is 9.59 Å². The molecule has 1 aliphatic heterocycles. The molecule has 1 aliphatic rings. The van der Waals surface area contributed by atoms with Gasteiger partial charge in [0.2, 0.25) is 11.8 Å². The van der Waals surface area contributed by atoms with Crippen molar-refractivity contribution >= 4 is 29.1 Å². The zero-order valence-electron chi connectivity index (χ0n) is 15.0. The number of carbonyl (C=O) groups is 2. The van der Waals surface area contributed by atoms with Crippen molar-refractivity contribution in [3.05, 3.63) is 53.1 Å². The zero-order valence-corrected chi connectivity index (χ0v) is 15.8. The molecule has 0 radical (unpaired) electrons. The molecule has 6 nitrogen and oxygen atoms in total. The number of benzene rings is 2. The highest BCUT2D eigenvalue weighted by molar-refractivity contribution is 6.31. The summed E-state index contributed by atoms with van der Waals surface area (Å²) in [6.45, 7) is 3.07. The molecule has 1 heterocycles. The second-order valence-electron chi connectivity index (χ2n) is 6.12. The van der Waals surface area contributed by atoms with Gasteiger partial charge in [0.15, 0.2) is 11.5 Å². The predicted octanol–water partition coefficient (Wildman–Crippen LogP) is 3.17. The van der Waals surface area contributed by atoms with E-state index in [9.17, 15) is 9.59 Å². The Bertz CT molecular complexity index is 840. The Morgan fingerprint density at radius 3 is 2.59 bits per heavy atom. The largest absolute Gasteiger partial charge is 0.486 e. The monoisotopic (exact) mass is 388 g/mol. The normalized spacial score (nSPS) is 12.4. The van der Waals surface area contributed by atoms with Gasteiger partial charge in [0.25, 0.3) is 0 Å². The third kappa shape index (κ3) is 4.92. The molecular weight excluding hydrogens is 368 g/mol. The summed E-state index contributed by atoms with van der Waals surface area (Å²) in [7, 11) is 0. The highest BCUT2D eigenvalue weighted by Gasteiger charge is 2.18. The van der Waals surface area contributed by atoms with Crippen LogP contribution in [0.5, 0.6) is 11.5 Å². The highest BCUT2D eigenvalue weighted by atomic mass is 35.5. The van der Waals surface area contributed by atoms with Crippen LogP contribution in [0.25, 0.3) is 0 Å². The van der Waals surface area contributed by atoms with E-state index in [1.54, 1.807) is 29.2 Å². The lowest BCUT2D eigenvalue weighted by molar-refractivity contribution is -0.121. The van der Waals surface area contributed by atoms with Crippen molar-refractivity contribution in [1.29, 1.82) is 0 Å². The molecule has 27 heavy (non-hydrogen) atoms. The third-order valence-electron chi connectivity index (χ3n) is 4.21. The first kappa shape index (κ1) is 19.0. The van der Waals surface area contributed by atoms with Crippen LogP contribution < -0.4 is 19.7 Å². The number of fused-ring (bicyclic) bond motifs is 1. The summed E-state index contributed by atoms with van der Waals surface area (Å²) in [5.74, 6) is 0.962. The maximum absolute atomic E-state index is 12.2. The van der Waals surface area contributed by atoms with Crippen molar-refractivity contribution in [2.45, 2.75) is 19.9 Å². The minimum Gasteiger partial charge on any atom is -0.486 e. The molecule has 2 amide bonds. The number of carbonyl (C=O) groups excluding carboxylic acids is 2. The fraction of sp³-hybridized carbons (Fsp3) is 0.300. The van der Waals surface area contributed by atoms with Gasteiger partial charge >= 0.3 is 0 Å². The number of hydrogen-bond acceptors (Lipinski definition) is 4. The van der Waals surface area contributed by atoms with Gasteiger partial charge < -0.3 is 19.7 Å². The van der Waals surface area contributed by atoms with E-state index >= 15 is 0 Å². The molecule has 7 heteroatoms. The zero-order chi connectivity index (χ0) is 19.2. The minimum atomic E-state index is -0.154. The molecular formula is C20H21ClN2O4. The maximum Gasteiger partial charge on any atom is 0.223 e. The summed E-state index contributed by atoms with van der Waals surface area (Å²) in [6.07, 6.45) is 0.179. The van der Waals surface area contributed by atoms with Crippen LogP contribution in [0.3, 0.4) is 0 Å². The smallest absolute Gasteiger partial charge is 0.223 e. The molecule has 1 N–H and O–H groups in total. The molecule has 0 unspecified atom stereocenters. The molecule has 2 aromatic rings. The van der Waals surface area contributed by atoms with Crippen LogP contribution in [-0.4, -0.2) is 31.6 Å². The van der Waals surface area contributed by atoms with Gasteiger partial charge in [0, 0.05) is 43.2 Å². The number of nitrogens with zero attached hydrogens (tertiary/aromatic N) is 1. The first-order valence-corrected chi connectivity index (χ1v) is 9.10. The second-order valence-corrected chi connectivity index (χ2v) is 6.52. The summed E-state index contributed by atoms with van der Waals surface area (Å²) in [6, 6.07) is 12.7. The lowest BCUT2D eigenvalue weighted by Gasteiger charge is -2.24. The fourth-order valence-electron chi connectivity index (χ4n) is 2.81. The molecule has 0 aliphatic carbocycles. The number of anilines is 1. The van der Waals surface area contributed by atoms with Crippen molar-refractivity contribution in [2.75, 3.05) is 24.7 Å². The standard InChI is InChI=1S/C20H21ClN2O4/c1-14(24)23(16-6-7-18-19(12-16)27-11-10-26-18)9-8-20(25)22-13-15-4-2-3-5-17(15)21/h2-7,12H,8-11,13H2,1H3,(H,22,25). The lowest BCUT2D eigenvalue weighted by Crippen LogP contribution is -2.33. The van der Waals surface area contributed by atoms with E-state index in [1.807, 2.05) is 18.2 Å². The van der Waals surface area contributed by atoms with Gasteiger partial charge in [-0.05, 0) is 23.8 Å². The Balaban J connectivity index is 1.59. The third-order valence-corrected chi connectivity index (χ3v) is 4.58. The number of halogens is 1. The Kier molecular flexibility index (Phi) is 6.19. The van der Waals surface area contributed by atoms with E-state index in [2.05, 4.69) is 5.32 Å². The van der Waals surface area contributed by atoms with Crippen LogP contribution in [-0.2, 0) is 16.1 Å². The SMILES string of the molecule is CC(=O)N(CCC(=O)NCc1ccccc1Cl)c1ccc2c(c1)OCCO2.